The fraction of sp³-hybridized carbons (Fsp3) is 0.478. The van der Waals surface area contributed by atoms with Crippen molar-refractivity contribution < 1.29 is 23.8 Å². The summed E-state index contributed by atoms with van der Waals surface area (Å²) in [6.07, 6.45) is 2.53. The van der Waals surface area contributed by atoms with Gasteiger partial charge in [0.05, 0.1) is 25.9 Å². The first-order chi connectivity index (χ1) is 14.3. The van der Waals surface area contributed by atoms with E-state index < -0.39 is 11.9 Å². The van der Waals surface area contributed by atoms with Gasteiger partial charge in [-0.05, 0) is 50.8 Å². The van der Waals surface area contributed by atoms with Gasteiger partial charge < -0.3 is 19.5 Å². The molecule has 7 heteroatoms. The fourth-order valence-electron chi connectivity index (χ4n) is 3.99. The maximum Gasteiger partial charge on any atom is 0.337 e. The van der Waals surface area contributed by atoms with E-state index in [0.29, 0.717) is 41.2 Å². The molecule has 1 aliphatic carbocycles. The van der Waals surface area contributed by atoms with Crippen LogP contribution in [0.25, 0.3) is 0 Å². The van der Waals surface area contributed by atoms with Gasteiger partial charge in [-0.15, -0.1) is 0 Å². The minimum atomic E-state index is -0.542. The standard InChI is InChI=1S/C23H28BrNO5/c1-6-12(2)30-23(27)20-13(3)25-16-8-7-9-17(26)22(16)21(20)14-10-18(28-4)19(29-5)11-15(14)24/h10-12,21,25H,6-9H2,1-5H3/t12-,21-/m0/s1. The van der Waals surface area contributed by atoms with Gasteiger partial charge in [0.1, 0.15) is 0 Å². The average molecular weight is 478 g/mol. The molecule has 1 aromatic carbocycles. The summed E-state index contributed by atoms with van der Waals surface area (Å²) >= 11 is 3.62. The molecular formula is C23H28BrNO5. The third-order valence-corrected chi connectivity index (χ3v) is 6.38. The molecule has 2 aliphatic rings. The maximum atomic E-state index is 13.2. The van der Waals surface area contributed by atoms with Gasteiger partial charge in [0.15, 0.2) is 17.3 Å². The molecule has 0 aromatic heterocycles. The Bertz CT molecular complexity index is 934. The lowest BCUT2D eigenvalue weighted by molar-refractivity contribution is -0.144. The number of carbonyl (C=O) groups is 2. The molecule has 30 heavy (non-hydrogen) atoms. The quantitative estimate of drug-likeness (QED) is 0.594. The Morgan fingerprint density at radius 2 is 1.90 bits per heavy atom. The fourth-order valence-corrected chi connectivity index (χ4v) is 4.54. The van der Waals surface area contributed by atoms with Crippen LogP contribution in [-0.2, 0) is 14.3 Å². The largest absolute Gasteiger partial charge is 0.493 e. The number of carbonyl (C=O) groups excluding carboxylic acids is 2. The van der Waals surface area contributed by atoms with E-state index in [9.17, 15) is 9.59 Å². The molecule has 0 amide bonds. The number of dihydropyridines is 1. The van der Waals surface area contributed by atoms with Crippen molar-refractivity contribution in [3.05, 3.63) is 44.7 Å². The van der Waals surface area contributed by atoms with Gasteiger partial charge in [-0.1, -0.05) is 22.9 Å². The van der Waals surface area contributed by atoms with Crippen molar-refractivity contribution in [3.63, 3.8) is 0 Å². The van der Waals surface area contributed by atoms with E-state index in [2.05, 4.69) is 21.2 Å². The summed E-state index contributed by atoms with van der Waals surface area (Å²) in [5, 5.41) is 3.31. The van der Waals surface area contributed by atoms with Crippen molar-refractivity contribution in [3.8, 4) is 11.5 Å². The van der Waals surface area contributed by atoms with Crippen LogP contribution in [-0.4, -0.2) is 32.1 Å². The second-order valence-electron chi connectivity index (χ2n) is 7.62. The first-order valence-corrected chi connectivity index (χ1v) is 11.0. The Morgan fingerprint density at radius 1 is 1.23 bits per heavy atom. The SMILES string of the molecule is CC[C@H](C)OC(=O)C1=C(C)NC2=C(C(=O)CCC2)[C@H]1c1cc(OC)c(OC)cc1Br. The van der Waals surface area contributed by atoms with Crippen molar-refractivity contribution in [1.29, 1.82) is 0 Å². The van der Waals surface area contributed by atoms with Crippen LogP contribution >= 0.6 is 15.9 Å². The second-order valence-corrected chi connectivity index (χ2v) is 8.47. The van der Waals surface area contributed by atoms with E-state index in [0.717, 1.165) is 28.6 Å². The van der Waals surface area contributed by atoms with E-state index in [4.69, 9.17) is 14.2 Å². The molecule has 1 aromatic rings. The van der Waals surface area contributed by atoms with Gasteiger partial charge in [0.2, 0.25) is 0 Å². The van der Waals surface area contributed by atoms with Crippen LogP contribution in [0, 0.1) is 0 Å². The topological polar surface area (TPSA) is 73.9 Å². The third-order valence-electron chi connectivity index (χ3n) is 5.69. The lowest BCUT2D eigenvalue weighted by atomic mass is 9.75. The molecule has 0 fully saturated rings. The van der Waals surface area contributed by atoms with Crippen LogP contribution in [0.3, 0.4) is 0 Å². The number of benzene rings is 1. The number of nitrogens with one attached hydrogen (secondary N) is 1. The molecule has 1 N–H and O–H groups in total. The molecule has 0 saturated carbocycles. The molecule has 0 saturated heterocycles. The number of ketones is 1. The summed E-state index contributed by atoms with van der Waals surface area (Å²) in [7, 11) is 3.13. The van der Waals surface area contributed by atoms with Crippen molar-refractivity contribution in [2.75, 3.05) is 14.2 Å². The van der Waals surface area contributed by atoms with Crippen molar-refractivity contribution in [2.45, 2.75) is 58.5 Å². The van der Waals surface area contributed by atoms with Crippen LogP contribution in [0.5, 0.6) is 11.5 Å². The van der Waals surface area contributed by atoms with E-state index in [-0.39, 0.29) is 11.9 Å². The van der Waals surface area contributed by atoms with Crippen LogP contribution in [0.2, 0.25) is 0 Å². The molecule has 1 heterocycles. The number of hydrogen-bond acceptors (Lipinski definition) is 6. The predicted octanol–water partition coefficient (Wildman–Crippen LogP) is 4.78. The molecule has 3 rings (SSSR count). The highest BCUT2D eigenvalue weighted by Crippen LogP contribution is 2.47. The van der Waals surface area contributed by atoms with Gasteiger partial charge in [-0.2, -0.15) is 0 Å². The lowest BCUT2D eigenvalue weighted by Gasteiger charge is -2.35. The molecule has 162 valence electrons. The van der Waals surface area contributed by atoms with Gasteiger partial charge in [-0.3, -0.25) is 4.79 Å². The van der Waals surface area contributed by atoms with Crippen LogP contribution in [0.1, 0.15) is 57.9 Å². The van der Waals surface area contributed by atoms with Crippen molar-refractivity contribution in [2.24, 2.45) is 0 Å². The van der Waals surface area contributed by atoms with Gasteiger partial charge in [-0.25, -0.2) is 4.79 Å². The zero-order valence-electron chi connectivity index (χ0n) is 18.1. The predicted molar refractivity (Wildman–Crippen MR) is 118 cm³/mol. The lowest BCUT2D eigenvalue weighted by Crippen LogP contribution is -2.35. The minimum Gasteiger partial charge on any atom is -0.493 e. The van der Waals surface area contributed by atoms with Gasteiger partial charge in [0, 0.05) is 33.8 Å². The van der Waals surface area contributed by atoms with Gasteiger partial charge >= 0.3 is 5.97 Å². The number of methoxy groups -OCH3 is 2. The third kappa shape index (κ3) is 4.13. The van der Waals surface area contributed by atoms with E-state index in [1.807, 2.05) is 26.8 Å². The Labute approximate surface area is 185 Å². The highest BCUT2D eigenvalue weighted by molar-refractivity contribution is 9.10. The molecule has 0 radical (unpaired) electrons. The number of halogens is 1. The molecule has 0 unspecified atom stereocenters. The number of ether oxygens (including phenoxy) is 3. The van der Waals surface area contributed by atoms with Crippen molar-refractivity contribution in [1.82, 2.24) is 5.32 Å². The molecule has 0 spiro atoms. The van der Waals surface area contributed by atoms with Crippen molar-refractivity contribution >= 4 is 27.7 Å². The van der Waals surface area contributed by atoms with E-state index in [1.54, 1.807) is 20.3 Å². The Morgan fingerprint density at radius 3 is 2.53 bits per heavy atom. The first kappa shape index (κ1) is 22.4. The summed E-state index contributed by atoms with van der Waals surface area (Å²) < 4.78 is 17.3. The Kier molecular flexibility index (Phi) is 6.91. The average Bonchev–Trinajstić information content (AvgIpc) is 2.72. The minimum absolute atomic E-state index is 0.0526. The van der Waals surface area contributed by atoms with E-state index in [1.165, 1.54) is 0 Å². The van der Waals surface area contributed by atoms with Crippen LogP contribution in [0.15, 0.2) is 39.1 Å². The normalized spacial score (nSPS) is 19.8. The van der Waals surface area contributed by atoms with Crippen LogP contribution in [0.4, 0.5) is 0 Å². The summed E-state index contributed by atoms with van der Waals surface area (Å²) in [5.41, 5.74) is 3.46. The molecule has 2 atom stereocenters. The highest BCUT2D eigenvalue weighted by Gasteiger charge is 2.40. The number of hydrogen-bond donors (Lipinski definition) is 1. The van der Waals surface area contributed by atoms with Crippen LogP contribution < -0.4 is 14.8 Å². The van der Waals surface area contributed by atoms with E-state index >= 15 is 0 Å². The Hall–Kier alpha value is -2.28. The number of rotatable bonds is 6. The molecule has 1 aliphatic heterocycles. The molecular weight excluding hydrogens is 450 g/mol. The first-order valence-electron chi connectivity index (χ1n) is 10.2. The highest BCUT2D eigenvalue weighted by atomic mass is 79.9. The summed E-state index contributed by atoms with van der Waals surface area (Å²) in [4.78, 5) is 26.2. The zero-order chi connectivity index (χ0) is 22.0. The summed E-state index contributed by atoms with van der Waals surface area (Å²) in [5.74, 6) is 0.199. The maximum absolute atomic E-state index is 13.2. The van der Waals surface area contributed by atoms with Gasteiger partial charge in [0.25, 0.3) is 0 Å². The summed E-state index contributed by atoms with van der Waals surface area (Å²) in [6, 6.07) is 3.63. The Balaban J connectivity index is 2.21. The summed E-state index contributed by atoms with van der Waals surface area (Å²) in [6.45, 7) is 5.69. The second kappa shape index (κ2) is 9.25. The number of allylic oxidation sites excluding steroid dienone is 3. The zero-order valence-corrected chi connectivity index (χ0v) is 19.6. The molecule has 6 nitrogen and oxygen atoms in total. The monoisotopic (exact) mass is 477 g/mol. The number of Topliss-reactive ketones (excluding diaryl/α,β-unsaturated/α-hetero) is 1. The number of esters is 1. The molecule has 0 bridgehead atoms. The smallest absolute Gasteiger partial charge is 0.337 e.